The largest absolute Gasteiger partial charge is 0.458 e. The lowest BCUT2D eigenvalue weighted by atomic mass is 10.2. The Kier molecular flexibility index (Phi) is 5.61. The van der Waals surface area contributed by atoms with Crippen LogP contribution in [0.25, 0.3) is 0 Å². The molecule has 1 rings (SSSR count). The molecule has 0 radical (unpaired) electrons. The molecular weight excluding hydrogens is 232 g/mol. The van der Waals surface area contributed by atoms with Crippen molar-refractivity contribution in [2.75, 3.05) is 5.73 Å². The molecule has 0 fully saturated rings. The van der Waals surface area contributed by atoms with E-state index in [1.54, 1.807) is 18.5 Å². The van der Waals surface area contributed by atoms with Gasteiger partial charge >= 0.3 is 5.97 Å². The van der Waals surface area contributed by atoms with Crippen molar-refractivity contribution in [2.45, 2.75) is 59.1 Å². The second-order valence-corrected chi connectivity index (χ2v) is 4.56. The fraction of sp³-hybridized carbons (Fsp3) is 0.750. The van der Waals surface area contributed by atoms with E-state index in [9.17, 15) is 4.79 Å². The molecule has 0 aliphatic heterocycles. The topological polar surface area (TPSA) is 83.0 Å². The predicted molar refractivity (Wildman–Crippen MR) is 69.1 cm³/mol. The Bertz CT molecular complexity index is 387. The molecule has 0 aliphatic rings. The number of nitrogens with zero attached hydrogens (tertiary/aromatic N) is 3. The van der Waals surface area contributed by atoms with Gasteiger partial charge in [0.15, 0.2) is 5.82 Å². The smallest absolute Gasteiger partial charge is 0.363 e. The minimum atomic E-state index is -0.512. The van der Waals surface area contributed by atoms with E-state index in [1.807, 2.05) is 0 Å². The highest BCUT2D eigenvalue weighted by Crippen LogP contribution is 2.12. The molecule has 0 aromatic carbocycles. The first-order valence-corrected chi connectivity index (χ1v) is 6.46. The maximum absolute atomic E-state index is 11.6. The Hall–Kier alpha value is -1.59. The van der Waals surface area contributed by atoms with Crippen molar-refractivity contribution in [1.29, 1.82) is 0 Å². The van der Waals surface area contributed by atoms with Crippen molar-refractivity contribution in [3.05, 3.63) is 5.69 Å². The number of aryl methyl sites for hydroxylation is 1. The van der Waals surface area contributed by atoms with Gasteiger partial charge in [-0.1, -0.05) is 31.4 Å². The van der Waals surface area contributed by atoms with Crippen molar-refractivity contribution in [3.8, 4) is 0 Å². The van der Waals surface area contributed by atoms with Gasteiger partial charge in [0.25, 0.3) is 0 Å². The number of rotatable bonds is 7. The van der Waals surface area contributed by atoms with Gasteiger partial charge in [0, 0.05) is 6.54 Å². The van der Waals surface area contributed by atoms with Crippen LogP contribution in [-0.2, 0) is 11.3 Å². The zero-order chi connectivity index (χ0) is 13.5. The third-order valence-corrected chi connectivity index (χ3v) is 2.53. The third-order valence-electron chi connectivity index (χ3n) is 2.53. The van der Waals surface area contributed by atoms with Crippen LogP contribution in [0.15, 0.2) is 0 Å². The first-order chi connectivity index (χ1) is 8.56. The summed E-state index contributed by atoms with van der Waals surface area (Å²) in [6, 6.07) is 0. The number of hydrogen-bond acceptors (Lipinski definition) is 5. The van der Waals surface area contributed by atoms with E-state index in [0.29, 0.717) is 6.54 Å². The van der Waals surface area contributed by atoms with E-state index in [0.717, 1.165) is 12.8 Å². The highest BCUT2D eigenvalue weighted by molar-refractivity contribution is 5.91. The summed E-state index contributed by atoms with van der Waals surface area (Å²) in [4.78, 5) is 11.6. The second-order valence-electron chi connectivity index (χ2n) is 4.56. The summed E-state index contributed by atoms with van der Waals surface area (Å²) in [5, 5.41) is 7.66. The lowest BCUT2D eigenvalue weighted by Crippen LogP contribution is -2.14. The van der Waals surface area contributed by atoms with Gasteiger partial charge in [0.1, 0.15) is 0 Å². The van der Waals surface area contributed by atoms with Crippen LogP contribution < -0.4 is 5.73 Å². The fourth-order valence-electron chi connectivity index (χ4n) is 1.59. The molecule has 1 aromatic heterocycles. The highest BCUT2D eigenvalue weighted by Gasteiger charge is 2.19. The van der Waals surface area contributed by atoms with Crippen molar-refractivity contribution in [1.82, 2.24) is 15.0 Å². The average molecular weight is 254 g/mol. The Labute approximate surface area is 107 Å². The molecule has 0 aliphatic carbocycles. The minimum Gasteiger partial charge on any atom is -0.458 e. The van der Waals surface area contributed by atoms with Crippen LogP contribution in [0.3, 0.4) is 0 Å². The quantitative estimate of drug-likeness (QED) is 0.594. The van der Waals surface area contributed by atoms with Crippen molar-refractivity contribution >= 4 is 11.8 Å². The van der Waals surface area contributed by atoms with Crippen LogP contribution >= 0.6 is 0 Å². The molecule has 102 valence electrons. The normalized spacial score (nSPS) is 10.9. The van der Waals surface area contributed by atoms with E-state index in [-0.39, 0.29) is 17.6 Å². The monoisotopic (exact) mass is 254 g/mol. The van der Waals surface area contributed by atoms with Crippen LogP contribution in [-0.4, -0.2) is 27.1 Å². The third kappa shape index (κ3) is 4.01. The van der Waals surface area contributed by atoms with E-state index < -0.39 is 5.97 Å². The molecule has 0 unspecified atom stereocenters. The molecule has 0 saturated heterocycles. The summed E-state index contributed by atoms with van der Waals surface area (Å²) in [5.74, 6) is -0.223. The van der Waals surface area contributed by atoms with Crippen molar-refractivity contribution in [3.63, 3.8) is 0 Å². The molecule has 1 heterocycles. The summed E-state index contributed by atoms with van der Waals surface area (Å²) in [5.41, 5.74) is 5.94. The van der Waals surface area contributed by atoms with Gasteiger partial charge in [0.2, 0.25) is 5.69 Å². The maximum atomic E-state index is 11.6. The molecule has 6 nitrogen and oxygen atoms in total. The van der Waals surface area contributed by atoms with Crippen LogP contribution in [0.5, 0.6) is 0 Å². The summed E-state index contributed by atoms with van der Waals surface area (Å²) in [6.45, 7) is 6.41. The Morgan fingerprint density at radius 2 is 2.11 bits per heavy atom. The van der Waals surface area contributed by atoms with Crippen molar-refractivity contribution < 1.29 is 9.53 Å². The van der Waals surface area contributed by atoms with Gasteiger partial charge in [-0.25, -0.2) is 9.48 Å². The molecule has 0 atom stereocenters. The number of esters is 1. The summed E-state index contributed by atoms with van der Waals surface area (Å²) in [6.07, 6.45) is 4.30. The predicted octanol–water partition coefficient (Wildman–Crippen LogP) is 2.01. The molecular formula is C12H22N4O2. The molecule has 1 aromatic rings. The van der Waals surface area contributed by atoms with Crippen molar-refractivity contribution in [2.24, 2.45) is 0 Å². The van der Waals surface area contributed by atoms with E-state index in [4.69, 9.17) is 10.5 Å². The Morgan fingerprint density at radius 1 is 1.39 bits per heavy atom. The van der Waals surface area contributed by atoms with Gasteiger partial charge in [-0.2, -0.15) is 0 Å². The number of nitrogen functional groups attached to an aromatic ring is 1. The number of carbonyl (C=O) groups is 1. The van der Waals surface area contributed by atoms with Crippen LogP contribution in [0.1, 0.15) is 56.9 Å². The molecule has 0 spiro atoms. The zero-order valence-corrected chi connectivity index (χ0v) is 11.3. The fourth-order valence-corrected chi connectivity index (χ4v) is 1.59. The highest BCUT2D eigenvalue weighted by atomic mass is 16.5. The SMILES string of the molecule is CCCCCCn1nnc(C(=O)OC(C)C)c1N. The summed E-state index contributed by atoms with van der Waals surface area (Å²) in [7, 11) is 0. The van der Waals surface area contributed by atoms with E-state index in [2.05, 4.69) is 17.2 Å². The van der Waals surface area contributed by atoms with Gasteiger partial charge in [0.05, 0.1) is 6.10 Å². The molecule has 6 heteroatoms. The second kappa shape index (κ2) is 6.98. The van der Waals surface area contributed by atoms with Crippen LogP contribution in [0.4, 0.5) is 5.82 Å². The number of carbonyl (C=O) groups excluding carboxylic acids is 1. The minimum absolute atomic E-state index is 0.110. The van der Waals surface area contributed by atoms with Gasteiger partial charge < -0.3 is 10.5 Å². The maximum Gasteiger partial charge on any atom is 0.363 e. The number of unbranched alkanes of at least 4 members (excludes halogenated alkanes) is 3. The zero-order valence-electron chi connectivity index (χ0n) is 11.3. The number of anilines is 1. The number of aromatic nitrogens is 3. The first-order valence-electron chi connectivity index (χ1n) is 6.46. The first kappa shape index (κ1) is 14.5. The standard InChI is InChI=1S/C12H22N4O2/c1-4-5-6-7-8-16-11(13)10(14-15-16)12(17)18-9(2)3/h9H,4-8,13H2,1-3H3. The lowest BCUT2D eigenvalue weighted by molar-refractivity contribution is 0.0372. The van der Waals surface area contributed by atoms with E-state index >= 15 is 0 Å². The van der Waals surface area contributed by atoms with Crippen LogP contribution in [0, 0.1) is 0 Å². The molecule has 18 heavy (non-hydrogen) atoms. The summed E-state index contributed by atoms with van der Waals surface area (Å²) >= 11 is 0. The molecule has 0 bridgehead atoms. The Morgan fingerprint density at radius 3 is 2.72 bits per heavy atom. The number of nitrogens with two attached hydrogens (primary N) is 1. The summed E-state index contributed by atoms with van der Waals surface area (Å²) < 4.78 is 6.60. The van der Waals surface area contributed by atoms with Gasteiger partial charge in [-0.15, -0.1) is 5.10 Å². The molecule has 0 amide bonds. The Balaban J connectivity index is 2.57. The number of ether oxygens (including phenoxy) is 1. The average Bonchev–Trinajstić information content (AvgIpc) is 2.65. The number of hydrogen-bond donors (Lipinski definition) is 1. The van der Waals surface area contributed by atoms with Gasteiger partial charge in [-0.3, -0.25) is 0 Å². The van der Waals surface area contributed by atoms with Gasteiger partial charge in [-0.05, 0) is 20.3 Å². The molecule has 2 N–H and O–H groups in total. The van der Waals surface area contributed by atoms with E-state index in [1.165, 1.54) is 12.8 Å². The van der Waals surface area contributed by atoms with Crippen LogP contribution in [0.2, 0.25) is 0 Å². The lowest BCUT2D eigenvalue weighted by Gasteiger charge is -2.06. The molecule has 0 saturated carbocycles.